The van der Waals surface area contributed by atoms with Gasteiger partial charge in [-0.1, -0.05) is 6.07 Å². The van der Waals surface area contributed by atoms with Crippen molar-refractivity contribution in [3.63, 3.8) is 0 Å². The normalized spacial score (nSPS) is 11.1. The van der Waals surface area contributed by atoms with Gasteiger partial charge in [0.2, 0.25) is 0 Å². The van der Waals surface area contributed by atoms with Crippen molar-refractivity contribution in [2.75, 3.05) is 11.9 Å². The van der Waals surface area contributed by atoms with Crippen molar-refractivity contribution in [1.82, 2.24) is 5.32 Å². The number of benzene rings is 1. The van der Waals surface area contributed by atoms with Crippen molar-refractivity contribution < 1.29 is 23.5 Å². The number of nitrogens with one attached hydrogen (secondary N) is 2. The highest BCUT2D eigenvalue weighted by atomic mass is 16.5. The van der Waals surface area contributed by atoms with Crippen LogP contribution in [0.3, 0.4) is 0 Å². The summed E-state index contributed by atoms with van der Waals surface area (Å²) < 4.78 is 9.94. The minimum absolute atomic E-state index is 0.0525. The minimum atomic E-state index is -1.02. The molecule has 26 heavy (non-hydrogen) atoms. The fraction of sp³-hybridized carbons (Fsp3) is 0.222. The monoisotopic (exact) mass is 355 g/mol. The first-order valence-electron chi connectivity index (χ1n) is 7.82. The molecule has 2 amide bonds. The van der Waals surface area contributed by atoms with E-state index in [9.17, 15) is 14.4 Å². The quantitative estimate of drug-likeness (QED) is 0.731. The molecule has 8 heteroatoms. The van der Waals surface area contributed by atoms with Gasteiger partial charge in [0.25, 0.3) is 11.8 Å². The second kappa shape index (κ2) is 9.03. The van der Waals surface area contributed by atoms with Gasteiger partial charge in [-0.05, 0) is 37.3 Å². The topological polar surface area (TPSA) is 121 Å². The summed E-state index contributed by atoms with van der Waals surface area (Å²) in [6.07, 6.45) is 0.262. The Labute approximate surface area is 149 Å². The molecule has 0 spiro atoms. The molecule has 1 aromatic heterocycles. The summed E-state index contributed by atoms with van der Waals surface area (Å²) in [5.74, 6) is -1.44. The lowest BCUT2D eigenvalue weighted by molar-refractivity contribution is -0.153. The van der Waals surface area contributed by atoms with Gasteiger partial charge in [-0.15, -0.1) is 0 Å². The summed E-state index contributed by atoms with van der Waals surface area (Å²) in [7, 11) is 0. The molecular weight excluding hydrogens is 338 g/mol. The average molecular weight is 355 g/mol. The van der Waals surface area contributed by atoms with E-state index in [1.165, 1.54) is 25.3 Å². The predicted octanol–water partition coefficient (Wildman–Crippen LogP) is 1.84. The van der Waals surface area contributed by atoms with Crippen LogP contribution in [0.25, 0.3) is 0 Å². The molecule has 0 aliphatic carbocycles. The zero-order valence-corrected chi connectivity index (χ0v) is 14.0. The van der Waals surface area contributed by atoms with E-state index in [2.05, 4.69) is 10.6 Å². The Hall–Kier alpha value is -3.60. The molecule has 0 fully saturated rings. The lowest BCUT2D eigenvalue weighted by Crippen LogP contribution is -2.32. The molecule has 1 aromatic carbocycles. The molecule has 0 bridgehead atoms. The van der Waals surface area contributed by atoms with Crippen LogP contribution in [0, 0.1) is 11.3 Å². The van der Waals surface area contributed by atoms with Crippen molar-refractivity contribution >= 4 is 23.5 Å². The van der Waals surface area contributed by atoms with Gasteiger partial charge < -0.3 is 19.8 Å². The first-order valence-corrected chi connectivity index (χ1v) is 7.82. The third kappa shape index (κ3) is 5.49. The van der Waals surface area contributed by atoms with Crippen LogP contribution in [0.1, 0.15) is 29.5 Å². The number of hydrogen-bond acceptors (Lipinski definition) is 6. The van der Waals surface area contributed by atoms with Crippen LogP contribution in [-0.2, 0) is 14.3 Å². The molecule has 2 rings (SSSR count). The van der Waals surface area contributed by atoms with Gasteiger partial charge in [0.1, 0.15) is 0 Å². The van der Waals surface area contributed by atoms with E-state index in [1.54, 1.807) is 24.3 Å². The van der Waals surface area contributed by atoms with E-state index >= 15 is 0 Å². The first kappa shape index (κ1) is 18.7. The Morgan fingerprint density at radius 3 is 2.77 bits per heavy atom. The Bertz CT molecular complexity index is 824. The van der Waals surface area contributed by atoms with E-state index in [0.717, 1.165) is 0 Å². The smallest absolute Gasteiger partial charge is 0.308 e. The molecule has 0 aliphatic heterocycles. The molecule has 8 nitrogen and oxygen atoms in total. The van der Waals surface area contributed by atoms with E-state index < -0.39 is 23.9 Å². The molecule has 2 N–H and O–H groups in total. The maximum atomic E-state index is 12.0. The van der Waals surface area contributed by atoms with Gasteiger partial charge in [0, 0.05) is 12.2 Å². The Morgan fingerprint density at radius 1 is 1.27 bits per heavy atom. The Balaban J connectivity index is 1.74. The second-order valence-electron chi connectivity index (χ2n) is 5.30. The summed E-state index contributed by atoms with van der Waals surface area (Å²) in [5.41, 5.74) is 0.836. The fourth-order valence-corrected chi connectivity index (χ4v) is 1.99. The average Bonchev–Trinajstić information content (AvgIpc) is 3.16. The number of nitriles is 1. The molecule has 0 saturated carbocycles. The number of anilines is 1. The molecule has 134 valence electrons. The van der Waals surface area contributed by atoms with Gasteiger partial charge in [-0.3, -0.25) is 14.4 Å². The number of nitrogens with zero attached hydrogens (tertiary/aromatic N) is 1. The maximum absolute atomic E-state index is 12.0. The zero-order valence-electron chi connectivity index (χ0n) is 14.0. The van der Waals surface area contributed by atoms with Crippen LogP contribution in [0.5, 0.6) is 0 Å². The van der Waals surface area contributed by atoms with Crippen LogP contribution < -0.4 is 10.6 Å². The van der Waals surface area contributed by atoms with E-state index in [4.69, 9.17) is 14.4 Å². The van der Waals surface area contributed by atoms with Crippen molar-refractivity contribution in [2.24, 2.45) is 0 Å². The van der Waals surface area contributed by atoms with Gasteiger partial charge >= 0.3 is 5.97 Å². The Kier molecular flexibility index (Phi) is 6.51. The molecular formula is C18H17N3O5. The molecule has 2 aromatic rings. The number of esters is 1. The second-order valence-corrected chi connectivity index (χ2v) is 5.30. The summed E-state index contributed by atoms with van der Waals surface area (Å²) in [6, 6.07) is 11.4. The first-order chi connectivity index (χ1) is 12.5. The number of furan rings is 1. The maximum Gasteiger partial charge on any atom is 0.308 e. The van der Waals surface area contributed by atoms with Crippen LogP contribution in [0.2, 0.25) is 0 Å². The lowest BCUT2D eigenvalue weighted by atomic mass is 10.2. The van der Waals surface area contributed by atoms with Crippen molar-refractivity contribution in [2.45, 2.75) is 19.4 Å². The highest BCUT2D eigenvalue weighted by molar-refractivity contribution is 5.95. The largest absolute Gasteiger partial charge is 0.459 e. The standard InChI is InChI=1S/C18H17N3O5/c1-12(17(23)21-14-5-2-4-13(10-14)11-19)26-16(22)7-8-20-18(24)15-6-3-9-25-15/h2-6,9-10,12H,7-8H2,1H3,(H,20,24)(H,21,23)/t12-/m0/s1. The van der Waals surface area contributed by atoms with Crippen molar-refractivity contribution in [1.29, 1.82) is 5.26 Å². The van der Waals surface area contributed by atoms with Gasteiger partial charge in [0.15, 0.2) is 11.9 Å². The van der Waals surface area contributed by atoms with E-state index in [1.807, 2.05) is 6.07 Å². The van der Waals surface area contributed by atoms with Crippen LogP contribution in [0.15, 0.2) is 47.1 Å². The highest BCUT2D eigenvalue weighted by Gasteiger charge is 2.18. The number of ether oxygens (including phenoxy) is 1. The van der Waals surface area contributed by atoms with E-state index in [-0.39, 0.29) is 18.7 Å². The van der Waals surface area contributed by atoms with E-state index in [0.29, 0.717) is 11.3 Å². The zero-order chi connectivity index (χ0) is 18.9. The summed E-state index contributed by atoms with van der Waals surface area (Å²) in [6.45, 7) is 1.49. The molecule has 1 heterocycles. The number of amides is 2. The predicted molar refractivity (Wildman–Crippen MR) is 91.0 cm³/mol. The number of rotatable bonds is 7. The molecule has 0 unspecified atom stereocenters. The summed E-state index contributed by atoms with van der Waals surface area (Å²) >= 11 is 0. The molecule has 0 radical (unpaired) electrons. The van der Waals surface area contributed by atoms with Gasteiger partial charge in [0.05, 0.1) is 24.3 Å². The number of carbonyl (C=O) groups excluding carboxylic acids is 3. The van der Waals surface area contributed by atoms with Gasteiger partial charge in [-0.2, -0.15) is 5.26 Å². The van der Waals surface area contributed by atoms with Crippen molar-refractivity contribution in [3.05, 3.63) is 54.0 Å². The number of hydrogen-bond donors (Lipinski definition) is 2. The summed E-state index contributed by atoms with van der Waals surface area (Å²) in [5, 5.41) is 13.9. The lowest BCUT2D eigenvalue weighted by Gasteiger charge is -2.13. The third-order valence-electron chi connectivity index (χ3n) is 3.30. The van der Waals surface area contributed by atoms with Crippen molar-refractivity contribution in [3.8, 4) is 6.07 Å². The van der Waals surface area contributed by atoms with Gasteiger partial charge in [-0.25, -0.2) is 0 Å². The molecule has 0 saturated heterocycles. The fourth-order valence-electron chi connectivity index (χ4n) is 1.99. The molecule has 1 atom stereocenters. The minimum Gasteiger partial charge on any atom is -0.459 e. The highest BCUT2D eigenvalue weighted by Crippen LogP contribution is 2.10. The summed E-state index contributed by atoms with van der Waals surface area (Å²) in [4.78, 5) is 35.4. The SMILES string of the molecule is C[C@H](OC(=O)CCNC(=O)c1ccco1)C(=O)Nc1cccc(C#N)c1. The van der Waals surface area contributed by atoms with Crippen LogP contribution >= 0.6 is 0 Å². The molecule has 0 aliphatic rings. The third-order valence-corrected chi connectivity index (χ3v) is 3.30. The van der Waals surface area contributed by atoms with Crippen LogP contribution in [0.4, 0.5) is 5.69 Å². The van der Waals surface area contributed by atoms with Crippen LogP contribution in [-0.4, -0.2) is 30.4 Å². The number of carbonyl (C=O) groups is 3. The Morgan fingerprint density at radius 2 is 2.08 bits per heavy atom.